The van der Waals surface area contributed by atoms with E-state index in [0.29, 0.717) is 55.6 Å². The van der Waals surface area contributed by atoms with Crippen LogP contribution < -0.4 is 25.3 Å². The van der Waals surface area contributed by atoms with E-state index in [1.54, 1.807) is 14.2 Å². The van der Waals surface area contributed by atoms with E-state index in [1.165, 1.54) is 6.42 Å². The van der Waals surface area contributed by atoms with Crippen LogP contribution in [-0.2, 0) is 9.53 Å². The summed E-state index contributed by atoms with van der Waals surface area (Å²) in [5.74, 6) is 2.47. The Morgan fingerprint density at radius 3 is 2.57 bits per heavy atom. The van der Waals surface area contributed by atoms with Gasteiger partial charge in [-0.05, 0) is 75.3 Å². The molecule has 44 heavy (non-hydrogen) atoms. The lowest BCUT2D eigenvalue weighted by atomic mass is 9.64. The number of benzene rings is 1. The third-order valence-corrected chi connectivity index (χ3v) is 9.73. The first-order chi connectivity index (χ1) is 21.0. The second kappa shape index (κ2) is 17.6. The molecule has 2 aliphatic carbocycles. The van der Waals surface area contributed by atoms with Crippen molar-refractivity contribution in [2.24, 2.45) is 29.4 Å². The van der Waals surface area contributed by atoms with E-state index in [1.807, 2.05) is 18.2 Å². The first-order valence-electron chi connectivity index (χ1n) is 16.9. The molecule has 4 unspecified atom stereocenters. The van der Waals surface area contributed by atoms with Gasteiger partial charge in [-0.15, -0.1) is 0 Å². The molecule has 2 fully saturated rings. The van der Waals surface area contributed by atoms with Crippen molar-refractivity contribution in [3.63, 3.8) is 0 Å². The molecule has 2 bridgehead atoms. The minimum Gasteiger partial charge on any atom is -0.493 e. The molecule has 1 aromatic carbocycles. The zero-order valence-corrected chi connectivity index (χ0v) is 28.1. The molecule has 0 heterocycles. The Balaban J connectivity index is 1.57. The van der Waals surface area contributed by atoms with Crippen molar-refractivity contribution in [2.45, 2.75) is 128 Å². The van der Waals surface area contributed by atoms with Crippen LogP contribution in [0.1, 0.15) is 98.3 Å². The quantitative estimate of drug-likeness (QED) is 0.155. The van der Waals surface area contributed by atoms with Crippen molar-refractivity contribution in [2.75, 3.05) is 27.4 Å². The Morgan fingerprint density at radius 1 is 1.14 bits per heavy atom. The zero-order chi connectivity index (χ0) is 32.3. The third-order valence-electron chi connectivity index (χ3n) is 9.73. The predicted octanol–water partition coefficient (Wildman–Crippen LogP) is 5.23. The molecule has 8 atom stereocenters. The predicted molar refractivity (Wildman–Crippen MR) is 173 cm³/mol. The van der Waals surface area contributed by atoms with Crippen molar-refractivity contribution >= 4 is 5.91 Å². The maximum atomic E-state index is 13.5. The fraction of sp³-hybridized carbons (Fsp3) is 0.800. The smallest absolute Gasteiger partial charge is 0.223 e. The van der Waals surface area contributed by atoms with Gasteiger partial charge in [-0.3, -0.25) is 4.79 Å². The van der Waals surface area contributed by atoms with Gasteiger partial charge in [0.05, 0.1) is 25.4 Å². The van der Waals surface area contributed by atoms with E-state index < -0.39 is 17.7 Å². The molecule has 2 aliphatic rings. The van der Waals surface area contributed by atoms with Gasteiger partial charge in [-0.1, -0.05) is 40.0 Å². The molecule has 0 spiro atoms. The summed E-state index contributed by atoms with van der Waals surface area (Å²) in [5.41, 5.74) is 5.99. The normalized spacial score (nSPS) is 25.0. The second-order valence-electron chi connectivity index (χ2n) is 13.8. The van der Waals surface area contributed by atoms with Crippen molar-refractivity contribution in [3.05, 3.63) is 18.2 Å². The number of aliphatic hydroxyl groups excluding tert-OH is 1. The first-order valence-corrected chi connectivity index (χ1v) is 16.9. The van der Waals surface area contributed by atoms with Crippen LogP contribution in [0.15, 0.2) is 18.2 Å². The number of fused-ring (bicyclic) bond motifs is 2. The fourth-order valence-electron chi connectivity index (χ4n) is 7.14. The highest BCUT2D eigenvalue weighted by atomic mass is 16.5. The van der Waals surface area contributed by atoms with E-state index in [-0.39, 0.29) is 35.8 Å². The molecule has 1 amide bonds. The van der Waals surface area contributed by atoms with Gasteiger partial charge in [0.2, 0.25) is 5.91 Å². The van der Waals surface area contributed by atoms with E-state index in [2.05, 4.69) is 33.0 Å². The Hall–Kier alpha value is -2.07. The van der Waals surface area contributed by atoms with Crippen LogP contribution in [0.25, 0.3) is 0 Å². The van der Waals surface area contributed by atoms with E-state index in [4.69, 9.17) is 24.7 Å². The van der Waals surface area contributed by atoms with Crippen molar-refractivity contribution in [1.82, 2.24) is 5.32 Å². The number of hydrogen-bond acceptors (Lipinski definition) is 8. The highest BCUT2D eigenvalue weighted by Crippen LogP contribution is 2.46. The molecule has 0 saturated heterocycles. The fourth-order valence-corrected chi connectivity index (χ4v) is 7.14. The Kier molecular flexibility index (Phi) is 14.5. The maximum absolute atomic E-state index is 13.5. The molecular weight excluding hydrogens is 560 g/mol. The number of carbonyl (C=O) groups excluding carboxylic acids is 1. The number of rotatable bonds is 19. The molecule has 1 aromatic rings. The van der Waals surface area contributed by atoms with Gasteiger partial charge < -0.3 is 40.2 Å². The summed E-state index contributed by atoms with van der Waals surface area (Å²) in [4.78, 5) is 13.5. The molecule has 3 rings (SSSR count). The maximum Gasteiger partial charge on any atom is 0.223 e. The Labute approximate surface area is 265 Å². The second-order valence-corrected chi connectivity index (χ2v) is 13.8. The summed E-state index contributed by atoms with van der Waals surface area (Å²) < 4.78 is 22.8. The average Bonchev–Trinajstić information content (AvgIpc) is 2.98. The van der Waals surface area contributed by atoms with Crippen molar-refractivity contribution < 1.29 is 34.0 Å². The molecule has 0 aliphatic heterocycles. The van der Waals surface area contributed by atoms with Gasteiger partial charge in [0.1, 0.15) is 11.9 Å². The van der Waals surface area contributed by atoms with Crippen molar-refractivity contribution in [1.29, 1.82) is 0 Å². The molecule has 0 radical (unpaired) electrons. The number of hydrogen-bond donors (Lipinski definition) is 4. The summed E-state index contributed by atoms with van der Waals surface area (Å²) in [6, 6.07) is 4.92. The standard InChI is InChI=1S/C35H60N2O7/c1-7-10-26(34(39)37-24(4)27-17-25-11-8-14-35(40,21-25)22-27)18-30(38)29(36)20-32(23(2)3)44-28-12-13-31(42-6)33(19-28)43-16-9-15-41-5/h12-13,19,23-27,29-30,32,38,40H,7-11,14-18,20-22,36H2,1-6H3,(H,37,39)/t24?,25?,26-,27?,29+,30+,32+,35?/m1/s1. The average molecular weight is 621 g/mol. The van der Waals surface area contributed by atoms with Crippen LogP contribution in [-0.4, -0.2) is 73.4 Å². The summed E-state index contributed by atoms with van der Waals surface area (Å²) in [6.07, 6.45) is 7.77. The van der Waals surface area contributed by atoms with Gasteiger partial charge in [0.15, 0.2) is 11.5 Å². The lowest BCUT2D eigenvalue weighted by molar-refractivity contribution is -0.128. The van der Waals surface area contributed by atoms with E-state index in [0.717, 1.165) is 44.9 Å². The van der Waals surface area contributed by atoms with Crippen molar-refractivity contribution in [3.8, 4) is 17.2 Å². The summed E-state index contributed by atoms with van der Waals surface area (Å²) >= 11 is 0. The summed E-state index contributed by atoms with van der Waals surface area (Å²) in [5, 5.41) is 25.5. The van der Waals surface area contributed by atoms with Crippen LogP contribution >= 0.6 is 0 Å². The van der Waals surface area contributed by atoms with Crippen LogP contribution in [0.5, 0.6) is 17.2 Å². The molecule has 5 N–H and O–H groups in total. The van der Waals surface area contributed by atoms with E-state index in [9.17, 15) is 15.0 Å². The SMILES string of the molecule is CCC[C@H](C[C@H](O)[C@@H](N)C[C@H](Oc1ccc(OC)c(OCCCOC)c1)C(C)C)C(=O)NC(C)C1CC2CCCC(O)(C2)C1. The summed E-state index contributed by atoms with van der Waals surface area (Å²) in [7, 11) is 3.27. The lowest BCUT2D eigenvalue weighted by Crippen LogP contribution is -2.50. The van der Waals surface area contributed by atoms with Gasteiger partial charge in [-0.2, -0.15) is 0 Å². The zero-order valence-electron chi connectivity index (χ0n) is 28.1. The van der Waals surface area contributed by atoms with Gasteiger partial charge >= 0.3 is 0 Å². The Bertz CT molecular complexity index is 1010. The van der Waals surface area contributed by atoms with Crippen LogP contribution in [0, 0.1) is 23.7 Å². The molecular formula is C35H60N2O7. The lowest BCUT2D eigenvalue weighted by Gasteiger charge is -2.47. The minimum absolute atomic E-state index is 0.0165. The molecule has 9 heteroatoms. The van der Waals surface area contributed by atoms with Gasteiger partial charge in [-0.25, -0.2) is 0 Å². The number of nitrogens with one attached hydrogen (secondary N) is 1. The largest absolute Gasteiger partial charge is 0.493 e. The summed E-state index contributed by atoms with van der Waals surface area (Å²) in [6.45, 7) is 9.37. The third kappa shape index (κ3) is 10.8. The highest BCUT2D eigenvalue weighted by molar-refractivity contribution is 5.79. The number of carbonyl (C=O) groups is 1. The molecule has 9 nitrogen and oxygen atoms in total. The van der Waals surface area contributed by atoms with E-state index >= 15 is 0 Å². The molecule has 252 valence electrons. The monoisotopic (exact) mass is 620 g/mol. The molecule has 0 aromatic heterocycles. The van der Waals surface area contributed by atoms with Crippen LogP contribution in [0.2, 0.25) is 0 Å². The topological polar surface area (TPSA) is 132 Å². The number of amides is 1. The number of ether oxygens (including phenoxy) is 4. The van der Waals surface area contributed by atoms with Gasteiger partial charge in [0, 0.05) is 50.6 Å². The molecule has 2 saturated carbocycles. The first kappa shape index (κ1) is 36.4. The Morgan fingerprint density at radius 2 is 1.91 bits per heavy atom. The minimum atomic E-state index is -0.845. The van der Waals surface area contributed by atoms with Crippen LogP contribution in [0.4, 0.5) is 0 Å². The highest BCUT2D eigenvalue weighted by Gasteiger charge is 2.43. The van der Waals surface area contributed by atoms with Gasteiger partial charge in [0.25, 0.3) is 0 Å². The number of aliphatic hydroxyl groups is 2. The number of nitrogens with two attached hydrogens (primary N) is 1. The van der Waals surface area contributed by atoms with Crippen LogP contribution in [0.3, 0.4) is 0 Å². The number of methoxy groups -OCH3 is 2.